The molecular formula is C11H12O2S. The molecule has 2 rings (SSSR count). The van der Waals surface area contributed by atoms with Gasteiger partial charge in [-0.25, -0.2) is 4.79 Å². The molecule has 0 aromatic heterocycles. The molecular weight excluding hydrogens is 196 g/mol. The molecule has 0 spiro atoms. The predicted molar refractivity (Wildman–Crippen MR) is 56.4 cm³/mol. The van der Waals surface area contributed by atoms with Gasteiger partial charge in [0.2, 0.25) is 0 Å². The van der Waals surface area contributed by atoms with E-state index < -0.39 is 4.93 Å². The van der Waals surface area contributed by atoms with E-state index in [1.165, 1.54) is 0 Å². The number of carbonyl (C=O) groups excluding carboxylic acids is 1. The fourth-order valence-electron chi connectivity index (χ4n) is 1.37. The molecule has 0 saturated carbocycles. The topological polar surface area (TPSA) is 26.3 Å². The fraction of sp³-hybridized carbons (Fsp3) is 0.364. The Kier molecular flexibility index (Phi) is 2.27. The van der Waals surface area contributed by atoms with E-state index >= 15 is 0 Å². The van der Waals surface area contributed by atoms with Crippen molar-refractivity contribution in [2.24, 2.45) is 0 Å². The number of cyclic esters (lactones) is 1. The number of fused-ring (bicyclic) bond motifs is 1. The largest absolute Gasteiger partial charge is 0.444 e. The maximum absolute atomic E-state index is 11.6. The molecule has 1 aliphatic heterocycles. The van der Waals surface area contributed by atoms with Crippen LogP contribution < -0.4 is 0 Å². The summed E-state index contributed by atoms with van der Waals surface area (Å²) in [5, 5.41) is 0. The Hall–Kier alpha value is -0.960. The SMILES string of the molecule is CCC1(C)OC(=O)c2ccccc2S1. The summed E-state index contributed by atoms with van der Waals surface area (Å²) in [6, 6.07) is 7.57. The van der Waals surface area contributed by atoms with Crippen LogP contribution in [0.25, 0.3) is 0 Å². The van der Waals surface area contributed by atoms with E-state index in [1.54, 1.807) is 17.8 Å². The second-order valence-electron chi connectivity index (χ2n) is 3.48. The molecule has 0 aliphatic carbocycles. The molecule has 1 unspecified atom stereocenters. The molecule has 74 valence electrons. The average molecular weight is 208 g/mol. The average Bonchev–Trinajstić information content (AvgIpc) is 2.18. The number of ether oxygens (including phenoxy) is 1. The molecule has 1 heterocycles. The van der Waals surface area contributed by atoms with Gasteiger partial charge in [0, 0.05) is 4.90 Å². The van der Waals surface area contributed by atoms with E-state index in [2.05, 4.69) is 0 Å². The van der Waals surface area contributed by atoms with Gasteiger partial charge < -0.3 is 4.74 Å². The quantitative estimate of drug-likeness (QED) is 0.663. The highest BCUT2D eigenvalue weighted by molar-refractivity contribution is 8.00. The minimum atomic E-state index is -0.397. The summed E-state index contributed by atoms with van der Waals surface area (Å²) in [5.41, 5.74) is 0.684. The smallest absolute Gasteiger partial charge is 0.340 e. The van der Waals surface area contributed by atoms with Crippen LogP contribution in [-0.2, 0) is 4.74 Å². The van der Waals surface area contributed by atoms with Crippen molar-refractivity contribution < 1.29 is 9.53 Å². The summed E-state index contributed by atoms with van der Waals surface area (Å²) in [4.78, 5) is 12.2. The third-order valence-electron chi connectivity index (χ3n) is 2.38. The lowest BCUT2D eigenvalue weighted by atomic mass is 10.2. The normalized spacial score (nSPS) is 25.4. The Labute approximate surface area is 87.6 Å². The van der Waals surface area contributed by atoms with Crippen molar-refractivity contribution in [3.8, 4) is 0 Å². The first-order valence-electron chi connectivity index (χ1n) is 4.66. The van der Waals surface area contributed by atoms with Crippen molar-refractivity contribution in [1.29, 1.82) is 0 Å². The second-order valence-corrected chi connectivity index (χ2v) is 4.98. The highest BCUT2D eigenvalue weighted by Gasteiger charge is 2.35. The zero-order valence-electron chi connectivity index (χ0n) is 8.24. The molecule has 0 radical (unpaired) electrons. The Morgan fingerprint density at radius 3 is 2.86 bits per heavy atom. The van der Waals surface area contributed by atoms with Crippen molar-refractivity contribution in [2.45, 2.75) is 30.1 Å². The monoisotopic (exact) mass is 208 g/mol. The Balaban J connectivity index is 2.43. The number of carbonyl (C=O) groups is 1. The van der Waals surface area contributed by atoms with Crippen molar-refractivity contribution >= 4 is 17.7 Å². The first-order chi connectivity index (χ1) is 6.64. The zero-order chi connectivity index (χ0) is 10.2. The van der Waals surface area contributed by atoms with Crippen molar-refractivity contribution in [1.82, 2.24) is 0 Å². The minimum Gasteiger partial charge on any atom is -0.444 e. The number of esters is 1. The zero-order valence-corrected chi connectivity index (χ0v) is 9.06. The predicted octanol–water partition coefficient (Wildman–Crippen LogP) is 3.08. The third kappa shape index (κ3) is 1.52. The summed E-state index contributed by atoms with van der Waals surface area (Å²) >= 11 is 1.62. The maximum atomic E-state index is 11.6. The van der Waals surface area contributed by atoms with Gasteiger partial charge in [-0.2, -0.15) is 0 Å². The number of hydrogen-bond donors (Lipinski definition) is 0. The molecule has 0 bridgehead atoms. The summed E-state index contributed by atoms with van der Waals surface area (Å²) in [6.07, 6.45) is 0.817. The van der Waals surface area contributed by atoms with Crippen molar-refractivity contribution in [3.63, 3.8) is 0 Å². The third-order valence-corrected chi connectivity index (χ3v) is 3.76. The molecule has 14 heavy (non-hydrogen) atoms. The molecule has 1 aliphatic rings. The first-order valence-corrected chi connectivity index (χ1v) is 5.48. The van der Waals surface area contributed by atoms with E-state index in [1.807, 2.05) is 32.0 Å². The molecule has 1 aromatic rings. The number of thioether (sulfide) groups is 1. The van der Waals surface area contributed by atoms with Gasteiger partial charge in [-0.15, -0.1) is 0 Å². The van der Waals surface area contributed by atoms with Gasteiger partial charge in [-0.1, -0.05) is 30.8 Å². The van der Waals surface area contributed by atoms with Crippen LogP contribution in [0.2, 0.25) is 0 Å². The summed E-state index contributed by atoms with van der Waals surface area (Å²) in [5.74, 6) is -0.205. The molecule has 1 aromatic carbocycles. The van der Waals surface area contributed by atoms with Gasteiger partial charge in [0.15, 0.2) is 4.93 Å². The first kappa shape index (κ1) is 9.59. The fourth-order valence-corrected chi connectivity index (χ4v) is 2.51. The highest BCUT2D eigenvalue weighted by Crippen LogP contribution is 2.42. The standard InChI is InChI=1S/C11H12O2S/c1-3-11(2)13-10(12)8-6-4-5-7-9(8)14-11/h4-7H,3H2,1-2H3. The van der Waals surface area contributed by atoms with Gasteiger partial charge in [-0.05, 0) is 25.5 Å². The molecule has 2 nitrogen and oxygen atoms in total. The molecule has 3 heteroatoms. The number of rotatable bonds is 1. The van der Waals surface area contributed by atoms with Crippen molar-refractivity contribution in [2.75, 3.05) is 0 Å². The van der Waals surface area contributed by atoms with Gasteiger partial charge in [0.1, 0.15) is 0 Å². The molecule has 0 amide bonds. The van der Waals surface area contributed by atoms with E-state index in [0.717, 1.165) is 11.3 Å². The Bertz CT molecular complexity index is 375. The minimum absolute atomic E-state index is 0.205. The number of hydrogen-bond acceptors (Lipinski definition) is 3. The van der Waals surface area contributed by atoms with Gasteiger partial charge in [0.05, 0.1) is 5.56 Å². The molecule has 0 saturated heterocycles. The van der Waals surface area contributed by atoms with Crippen LogP contribution in [0.4, 0.5) is 0 Å². The molecule has 1 atom stereocenters. The van der Waals surface area contributed by atoms with E-state index in [4.69, 9.17) is 4.74 Å². The highest BCUT2D eigenvalue weighted by atomic mass is 32.2. The van der Waals surface area contributed by atoms with Crippen LogP contribution in [0.5, 0.6) is 0 Å². The second kappa shape index (κ2) is 3.31. The molecule has 0 fully saturated rings. The van der Waals surface area contributed by atoms with E-state index in [0.29, 0.717) is 5.56 Å². The summed E-state index contributed by atoms with van der Waals surface area (Å²) in [6.45, 7) is 3.97. The van der Waals surface area contributed by atoms with Crippen LogP contribution in [-0.4, -0.2) is 10.9 Å². The Morgan fingerprint density at radius 2 is 2.14 bits per heavy atom. The van der Waals surface area contributed by atoms with Gasteiger partial charge in [0.25, 0.3) is 0 Å². The van der Waals surface area contributed by atoms with Crippen LogP contribution in [0.1, 0.15) is 30.6 Å². The summed E-state index contributed by atoms with van der Waals surface area (Å²) < 4.78 is 5.37. The maximum Gasteiger partial charge on any atom is 0.340 e. The van der Waals surface area contributed by atoms with E-state index in [-0.39, 0.29) is 5.97 Å². The lowest BCUT2D eigenvalue weighted by molar-refractivity contribution is 0.0217. The Morgan fingerprint density at radius 1 is 1.43 bits per heavy atom. The molecule has 0 N–H and O–H groups in total. The van der Waals surface area contributed by atoms with Crippen LogP contribution in [0.15, 0.2) is 29.2 Å². The summed E-state index contributed by atoms with van der Waals surface area (Å²) in [7, 11) is 0. The lowest BCUT2D eigenvalue weighted by Crippen LogP contribution is -2.31. The van der Waals surface area contributed by atoms with E-state index in [9.17, 15) is 4.79 Å². The van der Waals surface area contributed by atoms with Crippen LogP contribution >= 0.6 is 11.8 Å². The van der Waals surface area contributed by atoms with Gasteiger partial charge in [-0.3, -0.25) is 0 Å². The number of benzene rings is 1. The van der Waals surface area contributed by atoms with Crippen LogP contribution in [0.3, 0.4) is 0 Å². The lowest BCUT2D eigenvalue weighted by Gasteiger charge is -2.32. The van der Waals surface area contributed by atoms with Crippen LogP contribution in [0, 0.1) is 0 Å². The van der Waals surface area contributed by atoms with Crippen molar-refractivity contribution in [3.05, 3.63) is 29.8 Å². The van der Waals surface area contributed by atoms with Gasteiger partial charge >= 0.3 is 5.97 Å².